The molecule has 2 aromatic heterocycles. The minimum atomic E-state index is 0.491. The SMILES string of the molecule is [B]c1cc2c([B])cn(P)c2cn1. The van der Waals surface area contributed by atoms with E-state index in [1.165, 1.54) is 0 Å². The number of fused-ring (bicyclic) bond motifs is 1. The summed E-state index contributed by atoms with van der Waals surface area (Å²) in [6.45, 7) is 0. The van der Waals surface area contributed by atoms with Crippen molar-refractivity contribution in [1.29, 1.82) is 0 Å². The van der Waals surface area contributed by atoms with Crippen LogP contribution < -0.4 is 11.1 Å². The number of rotatable bonds is 0. The van der Waals surface area contributed by atoms with Gasteiger partial charge in [0.15, 0.2) is 0 Å². The standard InChI is InChI=1S/C7H5B2N2P/c8-5-3-11(12)6-2-10-7(9)1-4(5)6/h1-3H,12H2. The molecule has 1 atom stereocenters. The highest BCUT2D eigenvalue weighted by Crippen LogP contribution is 2.11. The van der Waals surface area contributed by atoms with E-state index in [4.69, 9.17) is 15.7 Å². The van der Waals surface area contributed by atoms with Crippen LogP contribution in [0.2, 0.25) is 0 Å². The molecule has 12 heavy (non-hydrogen) atoms. The zero-order valence-electron chi connectivity index (χ0n) is 6.36. The first-order chi connectivity index (χ1) is 5.68. The Balaban J connectivity index is 2.90. The molecule has 0 bridgehead atoms. The maximum absolute atomic E-state index is 5.73. The topological polar surface area (TPSA) is 17.8 Å². The number of hydrogen-bond acceptors (Lipinski definition) is 1. The predicted molar refractivity (Wildman–Crippen MR) is 55.6 cm³/mol. The third-order valence-electron chi connectivity index (χ3n) is 1.77. The van der Waals surface area contributed by atoms with Gasteiger partial charge in [-0.2, -0.15) is 0 Å². The molecule has 0 aliphatic rings. The molecule has 54 valence electrons. The molecule has 0 aliphatic heterocycles. The van der Waals surface area contributed by atoms with Crippen LogP contribution in [0, 0.1) is 0 Å². The smallest absolute Gasteiger partial charge is 0.141 e. The Bertz CT molecular complexity index is 438. The fourth-order valence-corrected chi connectivity index (χ4v) is 1.56. The van der Waals surface area contributed by atoms with Crippen LogP contribution in [0.4, 0.5) is 0 Å². The quantitative estimate of drug-likeness (QED) is 0.376. The van der Waals surface area contributed by atoms with E-state index in [9.17, 15) is 0 Å². The zero-order chi connectivity index (χ0) is 8.72. The van der Waals surface area contributed by atoms with E-state index in [1.54, 1.807) is 12.3 Å². The second kappa shape index (κ2) is 2.63. The van der Waals surface area contributed by atoms with Gasteiger partial charge in [-0.15, -0.1) is 0 Å². The van der Waals surface area contributed by atoms with Crippen LogP contribution in [-0.4, -0.2) is 25.0 Å². The lowest BCUT2D eigenvalue weighted by Crippen LogP contribution is -2.08. The Morgan fingerprint density at radius 2 is 2.17 bits per heavy atom. The summed E-state index contributed by atoms with van der Waals surface area (Å²) in [6, 6.07) is 1.77. The van der Waals surface area contributed by atoms with Gasteiger partial charge in [-0.25, -0.2) is 0 Å². The summed E-state index contributed by atoms with van der Waals surface area (Å²) in [5.74, 6) is 0. The molecule has 2 heterocycles. The van der Waals surface area contributed by atoms with Crippen molar-refractivity contribution in [1.82, 2.24) is 9.32 Å². The first-order valence-electron chi connectivity index (χ1n) is 3.45. The summed E-state index contributed by atoms with van der Waals surface area (Å²) < 4.78 is 1.84. The molecular weight excluding hydrogens is 165 g/mol. The van der Waals surface area contributed by atoms with Gasteiger partial charge in [0.1, 0.15) is 15.7 Å². The van der Waals surface area contributed by atoms with E-state index in [1.807, 2.05) is 10.5 Å². The van der Waals surface area contributed by atoms with Crippen molar-refractivity contribution in [3.63, 3.8) is 0 Å². The van der Waals surface area contributed by atoms with Crippen LogP contribution in [0.5, 0.6) is 0 Å². The molecule has 1 unspecified atom stereocenters. The van der Waals surface area contributed by atoms with Crippen LogP contribution in [0.25, 0.3) is 10.9 Å². The average molecular weight is 170 g/mol. The van der Waals surface area contributed by atoms with Crippen LogP contribution in [0.1, 0.15) is 0 Å². The van der Waals surface area contributed by atoms with Gasteiger partial charge >= 0.3 is 0 Å². The van der Waals surface area contributed by atoms with E-state index in [-0.39, 0.29) is 0 Å². The third-order valence-corrected chi connectivity index (χ3v) is 2.20. The lowest BCUT2D eigenvalue weighted by atomic mass is 9.94. The number of nitrogens with zero attached hydrogens (tertiary/aromatic N) is 2. The maximum atomic E-state index is 5.73. The number of pyridine rings is 1. The van der Waals surface area contributed by atoms with Crippen molar-refractivity contribution >= 4 is 47.0 Å². The second-order valence-corrected chi connectivity index (χ2v) is 3.17. The van der Waals surface area contributed by atoms with Crippen molar-refractivity contribution in [3.05, 3.63) is 18.5 Å². The molecule has 0 saturated carbocycles. The Hall–Kier alpha value is -0.750. The molecule has 0 saturated heterocycles. The molecule has 5 heteroatoms. The highest BCUT2D eigenvalue weighted by molar-refractivity contribution is 7.15. The van der Waals surface area contributed by atoms with Crippen molar-refractivity contribution in [3.8, 4) is 0 Å². The summed E-state index contributed by atoms with van der Waals surface area (Å²) in [7, 11) is 13.8. The summed E-state index contributed by atoms with van der Waals surface area (Å²) in [4.78, 5) is 3.97. The molecule has 2 nitrogen and oxygen atoms in total. The third kappa shape index (κ3) is 1.07. The fourth-order valence-electron chi connectivity index (χ4n) is 1.19. The molecule has 0 amide bonds. The normalized spacial score (nSPS) is 10.8. The van der Waals surface area contributed by atoms with Gasteiger partial charge < -0.3 is 4.34 Å². The van der Waals surface area contributed by atoms with Gasteiger partial charge in [-0.1, -0.05) is 5.46 Å². The maximum Gasteiger partial charge on any atom is 0.141 e. The lowest BCUT2D eigenvalue weighted by molar-refractivity contribution is 1.32. The minimum absolute atomic E-state index is 0.491. The monoisotopic (exact) mass is 170 g/mol. The molecule has 0 fully saturated rings. The van der Waals surface area contributed by atoms with E-state index in [0.29, 0.717) is 11.1 Å². The second-order valence-electron chi connectivity index (χ2n) is 2.62. The van der Waals surface area contributed by atoms with Gasteiger partial charge in [0.2, 0.25) is 0 Å². The van der Waals surface area contributed by atoms with Gasteiger partial charge in [-0.3, -0.25) is 4.98 Å². The van der Waals surface area contributed by atoms with Gasteiger partial charge in [0, 0.05) is 6.20 Å². The summed E-state index contributed by atoms with van der Waals surface area (Å²) in [5.41, 5.74) is 2.17. The fraction of sp³-hybridized carbons (Fsp3) is 0. The van der Waals surface area contributed by atoms with Crippen molar-refractivity contribution in [2.24, 2.45) is 0 Å². The van der Waals surface area contributed by atoms with Gasteiger partial charge in [0.05, 0.1) is 11.7 Å². The number of hydrogen-bond donors (Lipinski definition) is 0. The molecule has 0 spiro atoms. The Labute approximate surface area is 75.4 Å². The molecule has 2 aromatic rings. The van der Waals surface area contributed by atoms with Crippen LogP contribution in [0.15, 0.2) is 18.5 Å². The predicted octanol–water partition coefficient (Wildman–Crippen LogP) is -0.738. The molecule has 0 aliphatic carbocycles. The lowest BCUT2D eigenvalue weighted by Gasteiger charge is -1.96. The zero-order valence-corrected chi connectivity index (χ0v) is 7.51. The van der Waals surface area contributed by atoms with Gasteiger partial charge in [-0.05, 0) is 26.4 Å². The minimum Gasteiger partial charge on any atom is -0.331 e. The van der Waals surface area contributed by atoms with Crippen molar-refractivity contribution in [2.45, 2.75) is 0 Å². The van der Waals surface area contributed by atoms with Crippen molar-refractivity contribution in [2.75, 3.05) is 0 Å². The highest BCUT2D eigenvalue weighted by Gasteiger charge is 2.01. The van der Waals surface area contributed by atoms with Crippen LogP contribution >= 0.6 is 9.39 Å². The number of aromatic nitrogens is 2. The van der Waals surface area contributed by atoms with Crippen LogP contribution in [-0.2, 0) is 0 Å². The molecule has 0 aromatic carbocycles. The summed E-state index contributed by atoms with van der Waals surface area (Å²) in [5, 5.41) is 0.942. The Kier molecular flexibility index (Phi) is 1.73. The first kappa shape index (κ1) is 7.88. The molecular formula is C7H5B2N2P. The molecule has 2 rings (SSSR count). The average Bonchev–Trinajstić information content (AvgIpc) is 2.28. The summed E-state index contributed by atoms with van der Waals surface area (Å²) in [6.07, 6.45) is 3.52. The highest BCUT2D eigenvalue weighted by atomic mass is 31.0. The molecule has 0 N–H and O–H groups in total. The largest absolute Gasteiger partial charge is 0.331 e. The van der Waals surface area contributed by atoms with E-state index in [2.05, 4.69) is 14.4 Å². The Morgan fingerprint density at radius 1 is 1.42 bits per heavy atom. The summed E-state index contributed by atoms with van der Waals surface area (Å²) >= 11 is 0. The van der Waals surface area contributed by atoms with Gasteiger partial charge in [0.25, 0.3) is 0 Å². The van der Waals surface area contributed by atoms with Crippen molar-refractivity contribution < 1.29 is 0 Å². The Morgan fingerprint density at radius 3 is 2.92 bits per heavy atom. The van der Waals surface area contributed by atoms with E-state index >= 15 is 0 Å². The van der Waals surface area contributed by atoms with Crippen LogP contribution in [0.3, 0.4) is 0 Å². The first-order valence-corrected chi connectivity index (χ1v) is 3.97. The van der Waals surface area contributed by atoms with E-state index in [0.717, 1.165) is 10.9 Å². The molecule has 4 radical (unpaired) electrons. The van der Waals surface area contributed by atoms with E-state index < -0.39 is 0 Å².